The highest BCUT2D eigenvalue weighted by Gasteiger charge is 2.13. The van der Waals surface area contributed by atoms with E-state index in [1.54, 1.807) is 12.1 Å². The van der Waals surface area contributed by atoms with Crippen molar-refractivity contribution in [3.05, 3.63) is 59.0 Å². The lowest BCUT2D eigenvalue weighted by molar-refractivity contribution is -0.120. The quantitative estimate of drug-likeness (QED) is 0.892. The molecular weight excluding hydrogens is 278 g/mol. The topological polar surface area (TPSA) is 62.5 Å². The number of rotatable bonds is 5. The van der Waals surface area contributed by atoms with Crippen LogP contribution in [0.1, 0.15) is 41.4 Å². The highest BCUT2D eigenvalue weighted by Crippen LogP contribution is 2.22. The molecule has 1 amide bonds. The predicted molar refractivity (Wildman–Crippen MR) is 83.5 cm³/mol. The van der Waals surface area contributed by atoms with E-state index in [1.807, 2.05) is 6.07 Å². The lowest BCUT2D eigenvalue weighted by Crippen LogP contribution is -2.29. The molecule has 1 heterocycles. The second kappa shape index (κ2) is 6.79. The fraction of sp³-hybridized carbons (Fsp3) is 0.389. The van der Waals surface area contributed by atoms with Gasteiger partial charge in [0.15, 0.2) is 0 Å². The van der Waals surface area contributed by atoms with Crippen molar-refractivity contribution in [3.8, 4) is 0 Å². The Morgan fingerprint density at radius 3 is 2.82 bits per heavy atom. The minimum atomic E-state index is -0.803. The van der Waals surface area contributed by atoms with E-state index in [9.17, 15) is 9.90 Å². The number of carbonyl (C=O) groups excluding carboxylic acids is 1. The maximum absolute atomic E-state index is 12.0. The summed E-state index contributed by atoms with van der Waals surface area (Å²) in [5.41, 5.74) is 3.83. The first-order valence-electron chi connectivity index (χ1n) is 7.81. The van der Waals surface area contributed by atoms with Crippen LogP contribution in [0.15, 0.2) is 41.0 Å². The predicted octanol–water partition coefficient (Wildman–Crippen LogP) is 2.55. The van der Waals surface area contributed by atoms with Gasteiger partial charge in [0.1, 0.15) is 11.9 Å². The molecule has 0 radical (unpaired) electrons. The summed E-state index contributed by atoms with van der Waals surface area (Å²) in [5, 5.41) is 12.6. The maximum Gasteiger partial charge on any atom is 0.224 e. The number of carbonyl (C=O) groups is 1. The Kier molecular flexibility index (Phi) is 4.59. The van der Waals surface area contributed by atoms with Gasteiger partial charge in [-0.25, -0.2) is 0 Å². The van der Waals surface area contributed by atoms with Crippen LogP contribution in [0.3, 0.4) is 0 Å². The molecule has 0 aliphatic heterocycles. The Morgan fingerprint density at radius 1 is 1.23 bits per heavy atom. The number of furan rings is 1. The van der Waals surface area contributed by atoms with Crippen molar-refractivity contribution < 1.29 is 14.3 Å². The van der Waals surface area contributed by atoms with Gasteiger partial charge in [0.25, 0.3) is 0 Å². The van der Waals surface area contributed by atoms with Gasteiger partial charge in [0.05, 0.1) is 19.2 Å². The molecule has 2 aromatic rings. The van der Waals surface area contributed by atoms with Gasteiger partial charge < -0.3 is 14.8 Å². The highest BCUT2D eigenvalue weighted by atomic mass is 16.4. The number of nitrogens with one attached hydrogen (secondary N) is 1. The number of hydrogen-bond acceptors (Lipinski definition) is 3. The van der Waals surface area contributed by atoms with Gasteiger partial charge in [-0.3, -0.25) is 4.79 Å². The summed E-state index contributed by atoms with van der Waals surface area (Å²) in [5.74, 6) is 0.385. The van der Waals surface area contributed by atoms with Gasteiger partial charge in [-0.1, -0.05) is 18.2 Å². The second-order valence-electron chi connectivity index (χ2n) is 5.82. The van der Waals surface area contributed by atoms with Crippen molar-refractivity contribution in [3.63, 3.8) is 0 Å². The van der Waals surface area contributed by atoms with Crippen LogP contribution in [0.25, 0.3) is 0 Å². The molecule has 3 rings (SSSR count). The normalized spacial score (nSPS) is 15.1. The molecule has 1 aliphatic carbocycles. The summed E-state index contributed by atoms with van der Waals surface area (Å²) >= 11 is 0. The largest absolute Gasteiger partial charge is 0.467 e. The molecule has 1 aromatic heterocycles. The number of fused-ring (bicyclic) bond motifs is 1. The highest BCUT2D eigenvalue weighted by molar-refractivity contribution is 5.78. The van der Waals surface area contributed by atoms with E-state index in [2.05, 4.69) is 17.4 Å². The summed E-state index contributed by atoms with van der Waals surface area (Å²) in [6.07, 6.45) is 5.81. The van der Waals surface area contributed by atoms with Crippen LogP contribution in [-0.4, -0.2) is 17.6 Å². The number of aliphatic hydroxyl groups is 1. The third-order valence-corrected chi connectivity index (χ3v) is 4.14. The molecule has 4 nitrogen and oxygen atoms in total. The van der Waals surface area contributed by atoms with Crippen molar-refractivity contribution in [1.82, 2.24) is 5.32 Å². The number of aliphatic hydroxyl groups excluding tert-OH is 1. The van der Waals surface area contributed by atoms with Crippen LogP contribution in [0.4, 0.5) is 0 Å². The SMILES string of the molecule is O=C(Cc1ccc2c(c1)CCCC2)NCC(O)c1ccco1. The van der Waals surface area contributed by atoms with E-state index in [0.29, 0.717) is 12.2 Å². The molecule has 0 bridgehead atoms. The van der Waals surface area contributed by atoms with E-state index in [4.69, 9.17) is 4.42 Å². The minimum Gasteiger partial charge on any atom is -0.467 e. The zero-order valence-electron chi connectivity index (χ0n) is 12.5. The Hall–Kier alpha value is -2.07. The summed E-state index contributed by atoms with van der Waals surface area (Å²) < 4.78 is 5.11. The van der Waals surface area contributed by atoms with E-state index in [-0.39, 0.29) is 12.5 Å². The van der Waals surface area contributed by atoms with Crippen LogP contribution in [0.2, 0.25) is 0 Å². The molecule has 1 atom stereocenters. The van der Waals surface area contributed by atoms with Crippen molar-refractivity contribution in [2.45, 2.75) is 38.2 Å². The van der Waals surface area contributed by atoms with E-state index in [1.165, 1.54) is 30.2 Å². The first kappa shape index (κ1) is 14.9. The molecular formula is C18H21NO3. The zero-order valence-corrected chi connectivity index (χ0v) is 12.5. The van der Waals surface area contributed by atoms with Crippen molar-refractivity contribution in [2.24, 2.45) is 0 Å². The van der Waals surface area contributed by atoms with E-state index >= 15 is 0 Å². The molecule has 0 saturated heterocycles. The maximum atomic E-state index is 12.0. The Bertz CT molecular complexity index is 634. The second-order valence-corrected chi connectivity index (χ2v) is 5.82. The first-order valence-corrected chi connectivity index (χ1v) is 7.81. The molecule has 22 heavy (non-hydrogen) atoms. The van der Waals surface area contributed by atoms with Crippen LogP contribution in [-0.2, 0) is 24.1 Å². The summed E-state index contributed by atoms with van der Waals surface area (Å²) in [6, 6.07) is 9.74. The van der Waals surface area contributed by atoms with Gasteiger partial charge in [-0.05, 0) is 54.5 Å². The van der Waals surface area contributed by atoms with Gasteiger partial charge in [-0.15, -0.1) is 0 Å². The molecule has 1 unspecified atom stereocenters. The number of amides is 1. The smallest absolute Gasteiger partial charge is 0.224 e. The van der Waals surface area contributed by atoms with Crippen molar-refractivity contribution in [2.75, 3.05) is 6.54 Å². The Morgan fingerprint density at radius 2 is 2.05 bits per heavy atom. The summed E-state index contributed by atoms with van der Waals surface area (Å²) in [4.78, 5) is 12.0. The first-order chi connectivity index (χ1) is 10.7. The minimum absolute atomic E-state index is 0.0821. The average molecular weight is 299 g/mol. The van der Waals surface area contributed by atoms with Crippen LogP contribution in [0, 0.1) is 0 Å². The van der Waals surface area contributed by atoms with Gasteiger partial charge in [-0.2, -0.15) is 0 Å². The lowest BCUT2D eigenvalue weighted by atomic mass is 9.90. The van der Waals surface area contributed by atoms with Crippen LogP contribution in [0.5, 0.6) is 0 Å². The lowest BCUT2D eigenvalue weighted by Gasteiger charge is -2.16. The molecule has 116 valence electrons. The fourth-order valence-electron chi connectivity index (χ4n) is 2.94. The summed E-state index contributed by atoms with van der Waals surface area (Å²) in [7, 11) is 0. The molecule has 2 N–H and O–H groups in total. The molecule has 1 aliphatic rings. The van der Waals surface area contributed by atoms with Crippen LogP contribution >= 0.6 is 0 Å². The zero-order chi connectivity index (χ0) is 15.4. The average Bonchev–Trinajstić information content (AvgIpc) is 3.07. The Labute approximate surface area is 130 Å². The standard InChI is InChI=1S/C18H21NO3/c20-16(17-6-3-9-22-17)12-19-18(21)11-13-7-8-14-4-1-2-5-15(14)10-13/h3,6-10,16,20H,1-2,4-5,11-12H2,(H,19,21). The third kappa shape index (κ3) is 3.57. The molecule has 4 heteroatoms. The summed E-state index contributed by atoms with van der Waals surface area (Å²) in [6.45, 7) is 0.164. The van der Waals surface area contributed by atoms with Crippen molar-refractivity contribution in [1.29, 1.82) is 0 Å². The number of aryl methyl sites for hydroxylation is 2. The molecule has 0 fully saturated rings. The number of hydrogen-bond donors (Lipinski definition) is 2. The molecule has 1 aromatic carbocycles. The molecule has 0 saturated carbocycles. The van der Waals surface area contributed by atoms with E-state index < -0.39 is 6.10 Å². The van der Waals surface area contributed by atoms with Gasteiger partial charge >= 0.3 is 0 Å². The van der Waals surface area contributed by atoms with E-state index in [0.717, 1.165) is 18.4 Å². The van der Waals surface area contributed by atoms with Crippen LogP contribution < -0.4 is 5.32 Å². The number of benzene rings is 1. The van der Waals surface area contributed by atoms with Gasteiger partial charge in [0, 0.05) is 0 Å². The third-order valence-electron chi connectivity index (χ3n) is 4.14. The monoisotopic (exact) mass is 299 g/mol. The van der Waals surface area contributed by atoms with Gasteiger partial charge in [0.2, 0.25) is 5.91 Å². The fourth-order valence-corrected chi connectivity index (χ4v) is 2.94. The molecule has 0 spiro atoms. The Balaban J connectivity index is 1.53. The van der Waals surface area contributed by atoms with Crippen molar-refractivity contribution >= 4 is 5.91 Å².